The molecule has 4 nitrogen and oxygen atoms in total. The summed E-state index contributed by atoms with van der Waals surface area (Å²) in [7, 11) is 0. The van der Waals surface area contributed by atoms with Gasteiger partial charge in [0, 0.05) is 32.2 Å². The van der Waals surface area contributed by atoms with Gasteiger partial charge in [-0.05, 0) is 62.0 Å². The lowest BCUT2D eigenvalue weighted by molar-refractivity contribution is 0.311. The van der Waals surface area contributed by atoms with Crippen LogP contribution in [0.5, 0.6) is 0 Å². The van der Waals surface area contributed by atoms with Crippen molar-refractivity contribution >= 4 is 24.8 Å². The van der Waals surface area contributed by atoms with Crippen LogP contribution in [0.25, 0.3) is 0 Å². The predicted molar refractivity (Wildman–Crippen MR) is 106 cm³/mol. The first kappa shape index (κ1) is 22.1. The molecule has 0 saturated carbocycles. The molecule has 1 aromatic carbocycles. The second-order valence-corrected chi connectivity index (χ2v) is 7.25. The van der Waals surface area contributed by atoms with Gasteiger partial charge >= 0.3 is 0 Å². The molecule has 2 aromatic rings. The highest BCUT2D eigenvalue weighted by molar-refractivity contribution is 5.85. The highest BCUT2D eigenvalue weighted by Gasteiger charge is 2.24. The Bertz CT molecular complexity index is 710. The predicted octanol–water partition coefficient (Wildman–Crippen LogP) is 3.56. The molecule has 1 aromatic heterocycles. The molecule has 1 N–H and O–H groups in total. The zero-order valence-corrected chi connectivity index (χ0v) is 16.8. The van der Waals surface area contributed by atoms with Crippen LogP contribution in [-0.4, -0.2) is 34.3 Å². The third-order valence-corrected chi connectivity index (χ3v) is 5.15. The first-order chi connectivity index (χ1) is 12.2. The van der Waals surface area contributed by atoms with E-state index in [9.17, 15) is 8.78 Å². The van der Waals surface area contributed by atoms with Crippen LogP contribution in [0.4, 0.5) is 8.78 Å². The summed E-state index contributed by atoms with van der Waals surface area (Å²) in [4.78, 5) is 2.40. The Balaban J connectivity index is 0.00000131. The van der Waals surface area contributed by atoms with Crippen LogP contribution in [0.3, 0.4) is 0 Å². The van der Waals surface area contributed by atoms with Gasteiger partial charge in [-0.15, -0.1) is 24.8 Å². The van der Waals surface area contributed by atoms with E-state index in [2.05, 4.69) is 21.0 Å². The van der Waals surface area contributed by atoms with Crippen LogP contribution in [0.2, 0.25) is 0 Å². The van der Waals surface area contributed by atoms with E-state index >= 15 is 0 Å². The van der Waals surface area contributed by atoms with Crippen LogP contribution in [-0.2, 0) is 26.1 Å². The van der Waals surface area contributed by atoms with E-state index in [1.165, 1.54) is 17.8 Å². The van der Waals surface area contributed by atoms with Crippen molar-refractivity contribution < 1.29 is 8.78 Å². The van der Waals surface area contributed by atoms with Crippen LogP contribution < -0.4 is 5.32 Å². The zero-order valence-electron chi connectivity index (χ0n) is 15.2. The summed E-state index contributed by atoms with van der Waals surface area (Å²) in [5, 5.41) is 8.16. The average Bonchev–Trinajstić information content (AvgIpc) is 3.07. The SMILES string of the molecule is Cl.Cl.Fc1cc(F)cc(CC2CCN(Cc3cc4n(n3)CCCNC4)C2)c1. The van der Waals surface area contributed by atoms with Gasteiger partial charge in [-0.3, -0.25) is 9.58 Å². The molecular weight excluding hydrogens is 393 g/mol. The summed E-state index contributed by atoms with van der Waals surface area (Å²) in [5.41, 5.74) is 3.14. The third kappa shape index (κ3) is 5.64. The molecule has 0 spiro atoms. The highest BCUT2D eigenvalue weighted by Crippen LogP contribution is 2.23. The standard InChI is InChI=1S/C19H24F2N4.2ClH/c20-16-7-15(8-17(21)9-16)6-14-2-5-24(12-14)13-18-10-19-11-22-3-1-4-25(19)23-18;;/h7-10,14,22H,1-6,11-13H2;2*1H. The lowest BCUT2D eigenvalue weighted by atomic mass is 9.98. The van der Waals surface area contributed by atoms with Crippen molar-refractivity contribution in [3.05, 3.63) is 52.9 Å². The molecule has 2 aliphatic heterocycles. The van der Waals surface area contributed by atoms with E-state index < -0.39 is 11.6 Å². The van der Waals surface area contributed by atoms with Gasteiger partial charge in [-0.25, -0.2) is 8.78 Å². The van der Waals surface area contributed by atoms with Crippen molar-refractivity contribution in [2.75, 3.05) is 19.6 Å². The second-order valence-electron chi connectivity index (χ2n) is 7.25. The number of hydrogen-bond acceptors (Lipinski definition) is 3. The number of halogens is 4. The molecule has 1 atom stereocenters. The normalized spacial score (nSPS) is 19.7. The first-order valence-corrected chi connectivity index (χ1v) is 9.09. The lowest BCUT2D eigenvalue weighted by Gasteiger charge is -2.14. The molecule has 4 rings (SSSR count). The van der Waals surface area contributed by atoms with E-state index in [1.807, 2.05) is 0 Å². The molecule has 2 aliphatic rings. The average molecular weight is 419 g/mol. The number of nitrogens with one attached hydrogen (secondary N) is 1. The highest BCUT2D eigenvalue weighted by atomic mass is 35.5. The minimum Gasteiger partial charge on any atom is -0.311 e. The van der Waals surface area contributed by atoms with Crippen molar-refractivity contribution in [1.29, 1.82) is 0 Å². The summed E-state index contributed by atoms with van der Waals surface area (Å²) in [6, 6.07) is 6.03. The fourth-order valence-electron chi connectivity index (χ4n) is 4.01. The minimum atomic E-state index is -0.488. The van der Waals surface area contributed by atoms with Crippen LogP contribution >= 0.6 is 24.8 Å². The van der Waals surface area contributed by atoms with Gasteiger partial charge in [0.05, 0.1) is 11.4 Å². The molecule has 1 unspecified atom stereocenters. The number of aromatic nitrogens is 2. The molecule has 150 valence electrons. The number of fused-ring (bicyclic) bond motifs is 1. The summed E-state index contributed by atoms with van der Waals surface area (Å²) >= 11 is 0. The van der Waals surface area contributed by atoms with E-state index in [0.29, 0.717) is 5.92 Å². The quantitative estimate of drug-likeness (QED) is 0.823. The van der Waals surface area contributed by atoms with E-state index in [4.69, 9.17) is 5.10 Å². The molecule has 3 heterocycles. The Labute approximate surface area is 171 Å². The van der Waals surface area contributed by atoms with E-state index in [0.717, 1.165) is 75.9 Å². The van der Waals surface area contributed by atoms with E-state index in [1.54, 1.807) is 0 Å². The van der Waals surface area contributed by atoms with Crippen molar-refractivity contribution in [3.8, 4) is 0 Å². The second kappa shape index (κ2) is 9.82. The van der Waals surface area contributed by atoms with Crippen LogP contribution in [0.1, 0.15) is 29.8 Å². The Kier molecular flexibility index (Phi) is 8.04. The molecule has 0 amide bonds. The van der Waals surface area contributed by atoms with Crippen molar-refractivity contribution in [1.82, 2.24) is 20.0 Å². The fraction of sp³-hybridized carbons (Fsp3) is 0.526. The van der Waals surface area contributed by atoms with Gasteiger partial charge in [-0.1, -0.05) is 0 Å². The maximum absolute atomic E-state index is 13.3. The number of likely N-dealkylation sites (tertiary alicyclic amines) is 1. The van der Waals surface area contributed by atoms with Gasteiger partial charge in [0.15, 0.2) is 0 Å². The first-order valence-electron chi connectivity index (χ1n) is 9.09. The zero-order chi connectivity index (χ0) is 17.2. The Morgan fingerprint density at radius 1 is 1.07 bits per heavy atom. The lowest BCUT2D eigenvalue weighted by Crippen LogP contribution is -2.21. The van der Waals surface area contributed by atoms with Gasteiger partial charge in [-0.2, -0.15) is 5.10 Å². The topological polar surface area (TPSA) is 33.1 Å². The molecule has 0 aliphatic carbocycles. The van der Waals surface area contributed by atoms with Crippen LogP contribution in [0, 0.1) is 17.6 Å². The number of aryl methyl sites for hydroxylation is 1. The van der Waals surface area contributed by atoms with Gasteiger partial charge in [0.1, 0.15) is 11.6 Å². The molecule has 0 bridgehead atoms. The van der Waals surface area contributed by atoms with Gasteiger partial charge < -0.3 is 5.32 Å². The Morgan fingerprint density at radius 3 is 2.63 bits per heavy atom. The van der Waals surface area contributed by atoms with Crippen molar-refractivity contribution in [3.63, 3.8) is 0 Å². The number of nitrogens with zero attached hydrogens (tertiary/aromatic N) is 3. The van der Waals surface area contributed by atoms with E-state index in [-0.39, 0.29) is 24.8 Å². The van der Waals surface area contributed by atoms with Gasteiger partial charge in [0.2, 0.25) is 0 Å². The van der Waals surface area contributed by atoms with Crippen molar-refractivity contribution in [2.45, 2.75) is 38.9 Å². The smallest absolute Gasteiger partial charge is 0.126 e. The number of benzene rings is 1. The molecule has 1 saturated heterocycles. The van der Waals surface area contributed by atoms with Gasteiger partial charge in [0.25, 0.3) is 0 Å². The molecule has 0 radical (unpaired) electrons. The Hall–Kier alpha value is -1.21. The summed E-state index contributed by atoms with van der Waals surface area (Å²) in [5.74, 6) is -0.528. The molecule has 1 fully saturated rings. The Morgan fingerprint density at radius 2 is 1.85 bits per heavy atom. The van der Waals surface area contributed by atoms with Crippen LogP contribution in [0.15, 0.2) is 24.3 Å². The maximum atomic E-state index is 13.3. The monoisotopic (exact) mass is 418 g/mol. The largest absolute Gasteiger partial charge is 0.311 e. The summed E-state index contributed by atoms with van der Waals surface area (Å²) in [6.45, 7) is 5.75. The third-order valence-electron chi connectivity index (χ3n) is 5.15. The molecule has 8 heteroatoms. The number of rotatable bonds is 4. The maximum Gasteiger partial charge on any atom is 0.126 e. The number of hydrogen-bond donors (Lipinski definition) is 1. The fourth-order valence-corrected chi connectivity index (χ4v) is 4.01. The molecular formula is C19H26Cl2F2N4. The summed E-state index contributed by atoms with van der Waals surface area (Å²) < 4.78 is 28.8. The minimum absolute atomic E-state index is 0. The van der Waals surface area contributed by atoms with Crippen molar-refractivity contribution in [2.24, 2.45) is 5.92 Å². The summed E-state index contributed by atoms with van der Waals surface area (Å²) in [6.07, 6.45) is 2.91. The molecule has 27 heavy (non-hydrogen) atoms.